The summed E-state index contributed by atoms with van der Waals surface area (Å²) >= 11 is 1.30. The Kier molecular flexibility index (Phi) is 5.64. The van der Waals surface area contributed by atoms with E-state index in [1.54, 1.807) is 11.4 Å². The van der Waals surface area contributed by atoms with Gasteiger partial charge in [0.05, 0.1) is 11.2 Å². The number of thiophene rings is 1. The van der Waals surface area contributed by atoms with Crippen LogP contribution in [-0.2, 0) is 11.3 Å². The summed E-state index contributed by atoms with van der Waals surface area (Å²) in [5.41, 5.74) is 2.24. The van der Waals surface area contributed by atoms with Crippen LogP contribution < -0.4 is 11.2 Å². The van der Waals surface area contributed by atoms with Crippen LogP contribution >= 0.6 is 11.3 Å². The molecule has 2 aromatic heterocycles. The summed E-state index contributed by atoms with van der Waals surface area (Å²) in [6, 6.07) is 7.65. The van der Waals surface area contributed by atoms with Gasteiger partial charge in [0, 0.05) is 12.6 Å². The van der Waals surface area contributed by atoms with Crippen molar-refractivity contribution in [2.45, 2.75) is 59.0 Å². The Morgan fingerprint density at radius 2 is 1.87 bits per heavy atom. The van der Waals surface area contributed by atoms with E-state index in [2.05, 4.69) is 6.92 Å². The van der Waals surface area contributed by atoms with Crippen molar-refractivity contribution in [3.05, 3.63) is 61.6 Å². The number of likely N-dealkylation sites (tertiary alicyclic amines) is 1. The standard InChI is InChI=1S/C23H27N3O3S/c1-4-17-7-5-6-9-24(17)20(27)14-25-19-8-10-30-21(19)22(28)26(23(25)29)18-12-15(2)11-16(3)13-18/h8,10-13,17H,4-7,9,14H2,1-3H3. The number of aromatic nitrogens is 2. The van der Waals surface area contributed by atoms with Crippen LogP contribution in [0.15, 0.2) is 39.2 Å². The van der Waals surface area contributed by atoms with Crippen molar-refractivity contribution in [1.29, 1.82) is 0 Å². The molecule has 0 bridgehead atoms. The lowest BCUT2D eigenvalue weighted by Gasteiger charge is -2.35. The maximum atomic E-state index is 13.5. The number of hydrogen-bond acceptors (Lipinski definition) is 4. The van der Waals surface area contributed by atoms with Gasteiger partial charge in [0.2, 0.25) is 5.91 Å². The predicted octanol–water partition coefficient (Wildman–Crippen LogP) is 3.62. The summed E-state index contributed by atoms with van der Waals surface area (Å²) in [4.78, 5) is 41.7. The number of carbonyl (C=O) groups is 1. The third-order valence-electron chi connectivity index (χ3n) is 5.93. The van der Waals surface area contributed by atoms with Crippen LogP contribution in [0.5, 0.6) is 0 Å². The van der Waals surface area contributed by atoms with E-state index in [0.29, 0.717) is 15.9 Å². The molecule has 1 aliphatic rings. The fraction of sp³-hybridized carbons (Fsp3) is 0.435. The summed E-state index contributed by atoms with van der Waals surface area (Å²) in [7, 11) is 0. The van der Waals surface area contributed by atoms with Crippen LogP contribution in [0.25, 0.3) is 15.9 Å². The number of aryl methyl sites for hydroxylation is 2. The fourth-order valence-corrected chi connectivity index (χ4v) is 5.35. The van der Waals surface area contributed by atoms with Gasteiger partial charge in [-0.3, -0.25) is 14.2 Å². The Morgan fingerprint density at radius 1 is 1.13 bits per heavy atom. The maximum Gasteiger partial charge on any atom is 0.336 e. The van der Waals surface area contributed by atoms with Gasteiger partial charge in [-0.2, -0.15) is 0 Å². The van der Waals surface area contributed by atoms with Crippen LogP contribution in [-0.4, -0.2) is 32.5 Å². The zero-order valence-electron chi connectivity index (χ0n) is 17.7. The molecule has 30 heavy (non-hydrogen) atoms. The van der Waals surface area contributed by atoms with E-state index in [4.69, 9.17) is 0 Å². The highest BCUT2D eigenvalue weighted by Crippen LogP contribution is 2.21. The molecule has 3 aromatic rings. The molecule has 0 N–H and O–H groups in total. The van der Waals surface area contributed by atoms with Gasteiger partial charge < -0.3 is 4.90 Å². The number of hydrogen-bond donors (Lipinski definition) is 0. The van der Waals surface area contributed by atoms with Crippen LogP contribution in [0.4, 0.5) is 0 Å². The monoisotopic (exact) mass is 425 g/mol. The van der Waals surface area contributed by atoms with Crippen molar-refractivity contribution in [3.63, 3.8) is 0 Å². The summed E-state index contributed by atoms with van der Waals surface area (Å²) in [6.07, 6.45) is 4.05. The first kappa shape index (κ1) is 20.6. The van der Waals surface area contributed by atoms with E-state index in [1.165, 1.54) is 20.5 Å². The van der Waals surface area contributed by atoms with Gasteiger partial charge in [0.1, 0.15) is 11.2 Å². The van der Waals surface area contributed by atoms with Gasteiger partial charge in [0.25, 0.3) is 5.56 Å². The van der Waals surface area contributed by atoms with Gasteiger partial charge in [-0.25, -0.2) is 9.36 Å². The maximum absolute atomic E-state index is 13.5. The normalized spacial score (nSPS) is 16.9. The molecule has 158 valence electrons. The number of benzene rings is 1. The second-order valence-corrected chi connectivity index (χ2v) is 9.05. The van der Waals surface area contributed by atoms with Gasteiger partial charge in [-0.1, -0.05) is 13.0 Å². The molecular formula is C23H27N3O3S. The third-order valence-corrected chi connectivity index (χ3v) is 6.82. The first-order chi connectivity index (χ1) is 14.4. The molecule has 0 spiro atoms. The van der Waals surface area contributed by atoms with Gasteiger partial charge in [-0.15, -0.1) is 11.3 Å². The molecule has 1 aromatic carbocycles. The van der Waals surface area contributed by atoms with Crippen molar-refractivity contribution in [2.24, 2.45) is 0 Å². The molecular weight excluding hydrogens is 398 g/mol. The Morgan fingerprint density at radius 3 is 2.57 bits per heavy atom. The number of fused-ring (bicyclic) bond motifs is 1. The van der Waals surface area contributed by atoms with Crippen molar-refractivity contribution >= 4 is 27.5 Å². The number of piperidine rings is 1. The molecule has 0 saturated carbocycles. The highest BCUT2D eigenvalue weighted by Gasteiger charge is 2.27. The molecule has 1 amide bonds. The molecule has 0 aliphatic carbocycles. The summed E-state index contributed by atoms with van der Waals surface area (Å²) in [5.74, 6) is -0.0539. The van der Waals surface area contributed by atoms with Gasteiger partial charge in [0.15, 0.2) is 0 Å². The Labute approximate surface area is 179 Å². The van der Waals surface area contributed by atoms with E-state index in [9.17, 15) is 14.4 Å². The van der Waals surface area contributed by atoms with E-state index >= 15 is 0 Å². The number of carbonyl (C=O) groups excluding carboxylic acids is 1. The largest absolute Gasteiger partial charge is 0.338 e. The van der Waals surface area contributed by atoms with Gasteiger partial charge in [-0.05, 0) is 74.2 Å². The Bertz CT molecular complexity index is 1200. The average Bonchev–Trinajstić information content (AvgIpc) is 3.20. The van der Waals surface area contributed by atoms with Crippen molar-refractivity contribution < 1.29 is 4.79 Å². The third kappa shape index (κ3) is 3.62. The van der Waals surface area contributed by atoms with Gasteiger partial charge >= 0.3 is 5.69 Å². The van der Waals surface area contributed by atoms with Crippen LogP contribution in [0.3, 0.4) is 0 Å². The summed E-state index contributed by atoms with van der Waals surface area (Å²) in [6.45, 7) is 6.66. The quantitative estimate of drug-likeness (QED) is 0.641. The number of rotatable bonds is 4. The van der Waals surface area contributed by atoms with Crippen LogP contribution in [0, 0.1) is 13.8 Å². The molecule has 3 heterocycles. The van der Waals surface area contributed by atoms with E-state index < -0.39 is 5.69 Å². The molecule has 6 nitrogen and oxygen atoms in total. The number of amides is 1. The van der Waals surface area contributed by atoms with Crippen LogP contribution in [0.1, 0.15) is 43.7 Å². The molecule has 7 heteroatoms. The molecule has 1 fully saturated rings. The molecule has 0 radical (unpaired) electrons. The average molecular weight is 426 g/mol. The zero-order chi connectivity index (χ0) is 21.4. The minimum absolute atomic E-state index is 0.0480. The SMILES string of the molecule is CCC1CCCCN1C(=O)Cn1c(=O)n(-c2cc(C)cc(C)c2)c(=O)c2sccc21. The highest BCUT2D eigenvalue weighted by molar-refractivity contribution is 7.17. The molecule has 1 unspecified atom stereocenters. The summed E-state index contributed by atoms with van der Waals surface area (Å²) < 4.78 is 3.17. The molecule has 1 aliphatic heterocycles. The Balaban J connectivity index is 1.84. The minimum atomic E-state index is -0.464. The van der Waals surface area contributed by atoms with Crippen molar-refractivity contribution in [1.82, 2.24) is 14.0 Å². The topological polar surface area (TPSA) is 64.3 Å². The molecule has 4 rings (SSSR count). The van der Waals surface area contributed by atoms with E-state index in [-0.39, 0.29) is 24.1 Å². The lowest BCUT2D eigenvalue weighted by molar-refractivity contribution is -0.135. The lowest BCUT2D eigenvalue weighted by Crippen LogP contribution is -2.47. The molecule has 1 saturated heterocycles. The highest BCUT2D eigenvalue weighted by atomic mass is 32.1. The minimum Gasteiger partial charge on any atom is -0.338 e. The zero-order valence-corrected chi connectivity index (χ0v) is 18.5. The van der Waals surface area contributed by atoms with E-state index in [0.717, 1.165) is 43.4 Å². The second kappa shape index (κ2) is 8.22. The van der Waals surface area contributed by atoms with Crippen LogP contribution in [0.2, 0.25) is 0 Å². The second-order valence-electron chi connectivity index (χ2n) is 8.14. The number of nitrogens with zero attached hydrogens (tertiary/aromatic N) is 3. The first-order valence-electron chi connectivity index (χ1n) is 10.5. The predicted molar refractivity (Wildman–Crippen MR) is 121 cm³/mol. The smallest absolute Gasteiger partial charge is 0.336 e. The summed E-state index contributed by atoms with van der Waals surface area (Å²) in [5, 5.41) is 1.80. The lowest BCUT2D eigenvalue weighted by atomic mass is 10.00. The van der Waals surface area contributed by atoms with Crippen molar-refractivity contribution in [3.8, 4) is 5.69 Å². The molecule has 1 atom stereocenters. The van der Waals surface area contributed by atoms with Crippen molar-refractivity contribution in [2.75, 3.05) is 6.54 Å². The fourth-order valence-electron chi connectivity index (χ4n) is 4.53. The Hall–Kier alpha value is -2.67. The first-order valence-corrected chi connectivity index (χ1v) is 11.4. The van der Waals surface area contributed by atoms with E-state index in [1.807, 2.05) is 36.9 Å².